The van der Waals surface area contributed by atoms with Crippen molar-refractivity contribution in [2.75, 3.05) is 13.1 Å². The van der Waals surface area contributed by atoms with E-state index in [2.05, 4.69) is 39.9 Å². The molecule has 0 heterocycles. The molecule has 112 valence electrons. The molecule has 0 bridgehead atoms. The molecule has 0 atom stereocenters. The number of rotatable bonds is 5. The van der Waals surface area contributed by atoms with Gasteiger partial charge in [-0.25, -0.2) is 0 Å². The Bertz CT molecular complexity index is 275. The van der Waals surface area contributed by atoms with E-state index in [1.165, 1.54) is 51.6 Å². The first-order valence-electron chi connectivity index (χ1n) is 8.54. The number of hydrogen-bond donors (Lipinski definition) is 1. The zero-order valence-corrected chi connectivity index (χ0v) is 13.9. The van der Waals surface area contributed by atoms with Gasteiger partial charge in [-0.3, -0.25) is 0 Å². The van der Waals surface area contributed by atoms with Crippen LogP contribution < -0.4 is 5.32 Å². The van der Waals surface area contributed by atoms with Crippen molar-refractivity contribution < 1.29 is 0 Å². The third kappa shape index (κ3) is 3.97. The largest absolute Gasteiger partial charge is 0.316 e. The summed E-state index contributed by atoms with van der Waals surface area (Å²) in [7, 11) is 0. The lowest BCUT2D eigenvalue weighted by molar-refractivity contribution is 0.147. The molecule has 2 aliphatic rings. The van der Waals surface area contributed by atoms with Crippen LogP contribution >= 0.6 is 0 Å². The first kappa shape index (κ1) is 15.4. The van der Waals surface area contributed by atoms with E-state index in [0.29, 0.717) is 10.8 Å². The summed E-state index contributed by atoms with van der Waals surface area (Å²) in [6.45, 7) is 14.6. The Kier molecular flexibility index (Phi) is 4.65. The second-order valence-corrected chi connectivity index (χ2v) is 8.73. The van der Waals surface area contributed by atoms with Crippen LogP contribution in [0.5, 0.6) is 0 Å². The third-order valence-corrected chi connectivity index (χ3v) is 6.10. The monoisotopic (exact) mass is 265 g/mol. The molecule has 2 saturated carbocycles. The van der Waals surface area contributed by atoms with E-state index in [4.69, 9.17) is 0 Å². The van der Waals surface area contributed by atoms with Crippen LogP contribution in [0.4, 0.5) is 0 Å². The van der Waals surface area contributed by atoms with Gasteiger partial charge in [-0.1, -0.05) is 34.6 Å². The van der Waals surface area contributed by atoms with Gasteiger partial charge in [0.1, 0.15) is 0 Å². The molecule has 0 aromatic rings. The Morgan fingerprint density at radius 2 is 1.63 bits per heavy atom. The predicted molar refractivity (Wildman–Crippen MR) is 84.3 cm³/mol. The molecule has 0 unspecified atom stereocenters. The summed E-state index contributed by atoms with van der Waals surface area (Å²) in [4.78, 5) is 0. The van der Waals surface area contributed by atoms with Crippen molar-refractivity contribution >= 4 is 0 Å². The minimum absolute atomic E-state index is 0.522. The molecule has 2 fully saturated rings. The van der Waals surface area contributed by atoms with Crippen molar-refractivity contribution in [3.63, 3.8) is 0 Å². The van der Waals surface area contributed by atoms with E-state index < -0.39 is 0 Å². The van der Waals surface area contributed by atoms with Crippen molar-refractivity contribution in [3.05, 3.63) is 0 Å². The van der Waals surface area contributed by atoms with Gasteiger partial charge < -0.3 is 5.32 Å². The van der Waals surface area contributed by atoms with E-state index >= 15 is 0 Å². The maximum absolute atomic E-state index is 3.79. The summed E-state index contributed by atoms with van der Waals surface area (Å²) in [5, 5.41) is 3.79. The molecule has 1 nitrogen and oxygen atoms in total. The van der Waals surface area contributed by atoms with Crippen molar-refractivity contribution in [2.24, 2.45) is 28.6 Å². The zero-order chi connectivity index (χ0) is 14.1. The summed E-state index contributed by atoms with van der Waals surface area (Å²) in [5.41, 5.74) is 1.19. The molecule has 0 aromatic heterocycles. The molecule has 1 heteroatoms. The minimum Gasteiger partial charge on any atom is -0.316 e. The fourth-order valence-electron chi connectivity index (χ4n) is 3.88. The number of hydrogen-bond acceptors (Lipinski definition) is 1. The summed E-state index contributed by atoms with van der Waals surface area (Å²) in [6, 6.07) is 0. The summed E-state index contributed by atoms with van der Waals surface area (Å²) < 4.78 is 0. The SMILES string of the molecule is CC(C)C1(CNCC2CCC(C(C)(C)C)CC2)CC1. The lowest BCUT2D eigenvalue weighted by atomic mass is 9.70. The average Bonchev–Trinajstić information content (AvgIpc) is 3.10. The molecule has 0 saturated heterocycles. The highest BCUT2D eigenvalue weighted by atomic mass is 14.9. The standard InChI is InChI=1S/C18H35N/c1-14(2)18(10-11-18)13-19-12-15-6-8-16(9-7-15)17(3,4)5/h14-16,19H,6-13H2,1-5H3. The Labute approximate surface area is 120 Å². The van der Waals surface area contributed by atoms with Gasteiger partial charge in [0.05, 0.1) is 0 Å². The van der Waals surface area contributed by atoms with Crippen molar-refractivity contribution in [2.45, 2.75) is 73.1 Å². The van der Waals surface area contributed by atoms with Crippen LogP contribution in [-0.2, 0) is 0 Å². The molecule has 0 amide bonds. The fourth-order valence-corrected chi connectivity index (χ4v) is 3.88. The molecule has 0 radical (unpaired) electrons. The quantitative estimate of drug-likeness (QED) is 0.748. The van der Waals surface area contributed by atoms with Gasteiger partial charge in [0, 0.05) is 6.54 Å². The molecule has 0 aromatic carbocycles. The first-order chi connectivity index (χ1) is 8.83. The normalized spacial score (nSPS) is 30.6. The highest BCUT2D eigenvalue weighted by Crippen LogP contribution is 2.51. The minimum atomic E-state index is 0.522. The van der Waals surface area contributed by atoms with Crippen LogP contribution in [0.25, 0.3) is 0 Å². The molecule has 1 N–H and O–H groups in total. The fraction of sp³-hybridized carbons (Fsp3) is 1.00. The molecule has 2 aliphatic carbocycles. The molecule has 2 rings (SSSR count). The number of nitrogens with one attached hydrogen (secondary N) is 1. The highest BCUT2D eigenvalue weighted by molar-refractivity contribution is 4.97. The topological polar surface area (TPSA) is 12.0 Å². The van der Waals surface area contributed by atoms with Crippen LogP contribution in [0.2, 0.25) is 0 Å². The summed E-state index contributed by atoms with van der Waals surface area (Å²) in [5.74, 6) is 2.76. The third-order valence-electron chi connectivity index (χ3n) is 6.10. The van der Waals surface area contributed by atoms with Crippen LogP contribution in [0.1, 0.15) is 73.1 Å². The molecule has 19 heavy (non-hydrogen) atoms. The smallest absolute Gasteiger partial charge is 0.00104 e. The van der Waals surface area contributed by atoms with Crippen molar-refractivity contribution in [1.82, 2.24) is 5.32 Å². The van der Waals surface area contributed by atoms with Crippen LogP contribution in [-0.4, -0.2) is 13.1 Å². The van der Waals surface area contributed by atoms with Gasteiger partial charge in [-0.05, 0) is 73.7 Å². The van der Waals surface area contributed by atoms with Crippen LogP contribution in [0, 0.1) is 28.6 Å². The Morgan fingerprint density at radius 3 is 2.05 bits per heavy atom. The highest BCUT2D eigenvalue weighted by Gasteiger charge is 2.44. The Balaban J connectivity index is 1.64. The zero-order valence-electron chi connectivity index (χ0n) is 13.9. The van der Waals surface area contributed by atoms with E-state index in [1.807, 2.05) is 0 Å². The van der Waals surface area contributed by atoms with Gasteiger partial charge in [-0.2, -0.15) is 0 Å². The molecular formula is C18H35N. The van der Waals surface area contributed by atoms with E-state index in [-0.39, 0.29) is 0 Å². The van der Waals surface area contributed by atoms with Gasteiger partial charge in [0.2, 0.25) is 0 Å². The molecule has 0 aliphatic heterocycles. The van der Waals surface area contributed by atoms with E-state index in [9.17, 15) is 0 Å². The lowest BCUT2D eigenvalue weighted by Gasteiger charge is -2.37. The first-order valence-corrected chi connectivity index (χ1v) is 8.54. The Hall–Kier alpha value is -0.0400. The van der Waals surface area contributed by atoms with Crippen molar-refractivity contribution in [3.8, 4) is 0 Å². The van der Waals surface area contributed by atoms with Crippen LogP contribution in [0.15, 0.2) is 0 Å². The lowest BCUT2D eigenvalue weighted by Crippen LogP contribution is -2.34. The van der Waals surface area contributed by atoms with Gasteiger partial charge in [0.15, 0.2) is 0 Å². The second kappa shape index (κ2) is 5.76. The van der Waals surface area contributed by atoms with E-state index in [1.54, 1.807) is 0 Å². The molecular weight excluding hydrogens is 230 g/mol. The van der Waals surface area contributed by atoms with E-state index in [0.717, 1.165) is 17.8 Å². The predicted octanol–water partition coefficient (Wildman–Crippen LogP) is 4.86. The second-order valence-electron chi connectivity index (χ2n) is 8.73. The van der Waals surface area contributed by atoms with Gasteiger partial charge in [0.25, 0.3) is 0 Å². The van der Waals surface area contributed by atoms with Gasteiger partial charge in [-0.15, -0.1) is 0 Å². The average molecular weight is 265 g/mol. The van der Waals surface area contributed by atoms with Crippen molar-refractivity contribution in [1.29, 1.82) is 0 Å². The Morgan fingerprint density at radius 1 is 1.05 bits per heavy atom. The maximum Gasteiger partial charge on any atom is 0.00104 e. The summed E-state index contributed by atoms with van der Waals surface area (Å²) >= 11 is 0. The summed E-state index contributed by atoms with van der Waals surface area (Å²) in [6.07, 6.45) is 8.70. The van der Waals surface area contributed by atoms with Gasteiger partial charge >= 0.3 is 0 Å². The molecule has 0 spiro atoms. The maximum atomic E-state index is 3.79. The van der Waals surface area contributed by atoms with Crippen LogP contribution in [0.3, 0.4) is 0 Å².